The summed E-state index contributed by atoms with van der Waals surface area (Å²) >= 11 is 0. The minimum atomic E-state index is 0.116. The number of H-pyrrole nitrogens is 1. The summed E-state index contributed by atoms with van der Waals surface area (Å²) in [5, 5.41) is 1.89. The van der Waals surface area contributed by atoms with Crippen molar-refractivity contribution in [3.8, 4) is 0 Å². The number of nitrogens with one attached hydrogen (secondary N) is 1. The van der Waals surface area contributed by atoms with Crippen LogP contribution in [0.3, 0.4) is 0 Å². The lowest BCUT2D eigenvalue weighted by Crippen LogP contribution is -2.05. The third-order valence-corrected chi connectivity index (χ3v) is 4.12. The number of hydrogen-bond donors (Lipinski definition) is 1. The molecule has 0 amide bonds. The molecule has 0 spiro atoms. The molecule has 2 heterocycles. The molecular formula is C18H22N2O. The number of rotatable bonds is 5. The number of hydrogen-bond acceptors (Lipinski definition) is 1. The topological polar surface area (TPSA) is 37.8 Å². The van der Waals surface area contributed by atoms with Gasteiger partial charge in [0.05, 0.1) is 10.9 Å². The first-order valence-corrected chi connectivity index (χ1v) is 7.83. The number of aromatic nitrogens is 2. The van der Waals surface area contributed by atoms with Crippen molar-refractivity contribution in [3.05, 3.63) is 46.2 Å². The summed E-state index contributed by atoms with van der Waals surface area (Å²) in [5.74, 6) is 0. The van der Waals surface area contributed by atoms with Crippen LogP contribution >= 0.6 is 0 Å². The van der Waals surface area contributed by atoms with Crippen molar-refractivity contribution in [3.63, 3.8) is 0 Å². The van der Waals surface area contributed by atoms with E-state index in [2.05, 4.69) is 22.5 Å². The fraction of sp³-hybridized carbons (Fsp3) is 0.389. The van der Waals surface area contributed by atoms with E-state index in [1.165, 1.54) is 19.3 Å². The predicted octanol–water partition coefficient (Wildman–Crippen LogP) is 4.37. The second-order valence-electron chi connectivity index (χ2n) is 5.77. The Morgan fingerprint density at radius 1 is 1.14 bits per heavy atom. The maximum atomic E-state index is 12.4. The van der Waals surface area contributed by atoms with Crippen LogP contribution in [0.25, 0.3) is 21.9 Å². The van der Waals surface area contributed by atoms with E-state index in [4.69, 9.17) is 0 Å². The lowest BCUT2D eigenvalue weighted by Gasteiger charge is -2.07. The quantitative estimate of drug-likeness (QED) is 0.693. The fourth-order valence-electron chi connectivity index (χ4n) is 3.10. The van der Waals surface area contributed by atoms with E-state index in [1.807, 2.05) is 25.1 Å². The van der Waals surface area contributed by atoms with Gasteiger partial charge in [-0.25, -0.2) is 0 Å². The number of fused-ring (bicyclic) bond motifs is 3. The van der Waals surface area contributed by atoms with Gasteiger partial charge in [0.1, 0.15) is 5.65 Å². The van der Waals surface area contributed by atoms with Gasteiger partial charge >= 0.3 is 0 Å². The van der Waals surface area contributed by atoms with Crippen LogP contribution in [-0.4, -0.2) is 9.55 Å². The summed E-state index contributed by atoms with van der Waals surface area (Å²) in [7, 11) is 0. The minimum Gasteiger partial charge on any atom is -0.345 e. The second-order valence-corrected chi connectivity index (χ2v) is 5.77. The maximum Gasteiger partial charge on any atom is 0.191 e. The lowest BCUT2D eigenvalue weighted by atomic mass is 10.2. The Kier molecular flexibility index (Phi) is 3.82. The van der Waals surface area contributed by atoms with Gasteiger partial charge < -0.3 is 9.55 Å². The molecule has 0 aliphatic carbocycles. The van der Waals surface area contributed by atoms with E-state index in [0.29, 0.717) is 0 Å². The van der Waals surface area contributed by atoms with Crippen LogP contribution in [0.1, 0.15) is 38.3 Å². The highest BCUT2D eigenvalue weighted by Gasteiger charge is 2.13. The molecular weight excluding hydrogens is 260 g/mol. The number of nitrogens with zero attached hydrogens (tertiary/aromatic N) is 1. The van der Waals surface area contributed by atoms with E-state index >= 15 is 0 Å². The smallest absolute Gasteiger partial charge is 0.191 e. The van der Waals surface area contributed by atoms with Gasteiger partial charge in [0.2, 0.25) is 0 Å². The summed E-state index contributed by atoms with van der Waals surface area (Å²) in [5.41, 5.74) is 3.16. The van der Waals surface area contributed by atoms with Gasteiger partial charge in [-0.2, -0.15) is 0 Å². The molecule has 0 fully saturated rings. The van der Waals surface area contributed by atoms with Gasteiger partial charge in [-0.05, 0) is 19.4 Å². The first-order valence-electron chi connectivity index (χ1n) is 7.83. The van der Waals surface area contributed by atoms with E-state index in [-0.39, 0.29) is 5.43 Å². The number of benzene rings is 1. The standard InChI is InChI=1S/C18H22N2O/c1-3-4-5-8-11-20-15-10-7-6-9-14(15)17-16(21)12-13(2)19-18(17)20/h6-7,9-10,12H,3-5,8,11H2,1-2H3,(H,19,21). The molecule has 3 aromatic rings. The minimum absolute atomic E-state index is 0.116. The number of pyridine rings is 1. The van der Waals surface area contributed by atoms with Crippen LogP contribution < -0.4 is 5.43 Å². The molecule has 0 saturated heterocycles. The summed E-state index contributed by atoms with van der Waals surface area (Å²) in [6.07, 6.45) is 4.90. The fourth-order valence-corrected chi connectivity index (χ4v) is 3.10. The average molecular weight is 282 g/mol. The van der Waals surface area contributed by atoms with E-state index in [9.17, 15) is 4.79 Å². The molecule has 0 aliphatic heterocycles. The number of para-hydroxylation sites is 1. The summed E-state index contributed by atoms with van der Waals surface area (Å²) < 4.78 is 2.27. The normalized spacial score (nSPS) is 11.5. The monoisotopic (exact) mass is 282 g/mol. The zero-order chi connectivity index (χ0) is 14.8. The largest absolute Gasteiger partial charge is 0.345 e. The molecule has 1 N–H and O–H groups in total. The molecule has 0 saturated carbocycles. The molecule has 2 aromatic heterocycles. The van der Waals surface area contributed by atoms with Crippen LogP contribution in [0.2, 0.25) is 0 Å². The van der Waals surface area contributed by atoms with Gasteiger partial charge in [-0.1, -0.05) is 44.4 Å². The van der Waals surface area contributed by atoms with Gasteiger partial charge in [0.25, 0.3) is 0 Å². The molecule has 21 heavy (non-hydrogen) atoms. The second kappa shape index (κ2) is 5.76. The van der Waals surface area contributed by atoms with Crippen molar-refractivity contribution < 1.29 is 0 Å². The number of unbranched alkanes of at least 4 members (excludes halogenated alkanes) is 3. The number of aryl methyl sites for hydroxylation is 2. The highest BCUT2D eigenvalue weighted by atomic mass is 16.1. The summed E-state index contributed by atoms with van der Waals surface area (Å²) in [6, 6.07) is 9.89. The SMILES string of the molecule is CCCCCCn1c2ccccc2c2c(=O)cc(C)[nH]c21. The van der Waals surface area contributed by atoms with Gasteiger partial charge in [-0.15, -0.1) is 0 Å². The van der Waals surface area contributed by atoms with E-state index in [1.54, 1.807) is 6.07 Å². The van der Waals surface area contributed by atoms with Crippen molar-refractivity contribution in [2.75, 3.05) is 0 Å². The Morgan fingerprint density at radius 2 is 1.95 bits per heavy atom. The molecule has 110 valence electrons. The zero-order valence-electron chi connectivity index (χ0n) is 12.8. The van der Waals surface area contributed by atoms with Crippen molar-refractivity contribution in [2.45, 2.75) is 46.1 Å². The zero-order valence-corrected chi connectivity index (χ0v) is 12.8. The first-order chi connectivity index (χ1) is 10.2. The molecule has 3 nitrogen and oxygen atoms in total. The van der Waals surface area contributed by atoms with Gasteiger partial charge in [-0.3, -0.25) is 4.79 Å². The predicted molar refractivity (Wildman–Crippen MR) is 88.9 cm³/mol. The van der Waals surface area contributed by atoms with E-state index in [0.717, 1.165) is 40.6 Å². The molecule has 0 unspecified atom stereocenters. The third-order valence-electron chi connectivity index (χ3n) is 4.12. The molecule has 3 heteroatoms. The van der Waals surface area contributed by atoms with Crippen molar-refractivity contribution >= 4 is 21.9 Å². The Hall–Kier alpha value is -2.03. The van der Waals surface area contributed by atoms with E-state index < -0.39 is 0 Å². The molecule has 0 aliphatic rings. The highest BCUT2D eigenvalue weighted by Crippen LogP contribution is 2.26. The third kappa shape index (κ3) is 2.48. The summed E-state index contributed by atoms with van der Waals surface area (Å²) in [4.78, 5) is 15.8. The first kappa shape index (κ1) is 13.9. The van der Waals surface area contributed by atoms with Gasteiger partial charge in [0, 0.05) is 23.7 Å². The van der Waals surface area contributed by atoms with Crippen LogP contribution in [0, 0.1) is 6.92 Å². The van der Waals surface area contributed by atoms with Crippen LogP contribution in [-0.2, 0) is 6.54 Å². The number of aromatic amines is 1. The Labute approximate surface area is 124 Å². The lowest BCUT2D eigenvalue weighted by molar-refractivity contribution is 0.600. The molecule has 0 bridgehead atoms. The maximum absolute atomic E-state index is 12.4. The van der Waals surface area contributed by atoms with Crippen LogP contribution in [0.4, 0.5) is 0 Å². The molecule has 1 aromatic carbocycles. The highest BCUT2D eigenvalue weighted by molar-refractivity contribution is 6.06. The Morgan fingerprint density at radius 3 is 2.76 bits per heavy atom. The molecule has 0 atom stereocenters. The Bertz CT molecular complexity index is 826. The summed E-state index contributed by atoms with van der Waals surface area (Å²) in [6.45, 7) is 5.13. The molecule has 0 radical (unpaired) electrons. The molecule has 3 rings (SSSR count). The Balaban J connectivity index is 2.17. The van der Waals surface area contributed by atoms with Crippen molar-refractivity contribution in [1.29, 1.82) is 0 Å². The van der Waals surface area contributed by atoms with Crippen molar-refractivity contribution in [1.82, 2.24) is 9.55 Å². The average Bonchev–Trinajstić information content (AvgIpc) is 2.78. The van der Waals surface area contributed by atoms with Gasteiger partial charge in [0.15, 0.2) is 5.43 Å². The van der Waals surface area contributed by atoms with Crippen molar-refractivity contribution in [2.24, 2.45) is 0 Å². The van der Waals surface area contributed by atoms with Crippen LogP contribution in [0.15, 0.2) is 35.1 Å². The van der Waals surface area contributed by atoms with Crippen LogP contribution in [0.5, 0.6) is 0 Å².